The molecule has 0 N–H and O–H groups in total. The minimum absolute atomic E-state index is 0.800. The molecule has 18 heavy (non-hydrogen) atoms. The number of rotatable bonds is 12. The van der Waals surface area contributed by atoms with Gasteiger partial charge in [0.25, 0.3) is 0 Å². The van der Waals surface area contributed by atoms with Gasteiger partial charge in [-0.05, 0) is 17.9 Å². The quantitative estimate of drug-likeness (QED) is 0.436. The third kappa shape index (κ3) is 8.71. The molecule has 1 aromatic heterocycles. The molecular weight excluding hydrogens is 240 g/mol. The van der Waals surface area contributed by atoms with Crippen LogP contribution >= 0.6 is 11.3 Å². The minimum atomic E-state index is 0.800. The summed E-state index contributed by atoms with van der Waals surface area (Å²) in [5, 5.41) is 2.11. The van der Waals surface area contributed by atoms with Crippen LogP contribution in [0.15, 0.2) is 17.5 Å². The van der Waals surface area contributed by atoms with E-state index in [1.165, 1.54) is 62.7 Å². The van der Waals surface area contributed by atoms with Crippen LogP contribution in [0, 0.1) is 0 Å². The molecule has 0 fully saturated rings. The van der Waals surface area contributed by atoms with Crippen molar-refractivity contribution in [2.45, 2.75) is 71.3 Å². The fourth-order valence-corrected chi connectivity index (χ4v) is 2.72. The number of ether oxygens (including phenoxy) is 1. The van der Waals surface area contributed by atoms with E-state index in [2.05, 4.69) is 24.4 Å². The van der Waals surface area contributed by atoms with Crippen molar-refractivity contribution in [2.75, 3.05) is 6.61 Å². The summed E-state index contributed by atoms with van der Waals surface area (Å²) in [7, 11) is 0. The summed E-state index contributed by atoms with van der Waals surface area (Å²) in [6.07, 6.45) is 12.4. The van der Waals surface area contributed by atoms with Crippen LogP contribution in [0.2, 0.25) is 0 Å². The number of hydrogen-bond donors (Lipinski definition) is 0. The Morgan fingerprint density at radius 2 is 1.61 bits per heavy atom. The van der Waals surface area contributed by atoms with E-state index in [4.69, 9.17) is 4.74 Å². The van der Waals surface area contributed by atoms with E-state index in [9.17, 15) is 0 Å². The van der Waals surface area contributed by atoms with E-state index in [1.54, 1.807) is 11.3 Å². The zero-order valence-electron chi connectivity index (χ0n) is 11.8. The first kappa shape index (κ1) is 15.7. The van der Waals surface area contributed by atoms with Crippen molar-refractivity contribution >= 4 is 11.3 Å². The van der Waals surface area contributed by atoms with Crippen LogP contribution in [0.1, 0.15) is 69.6 Å². The molecule has 1 nitrogen and oxygen atoms in total. The maximum Gasteiger partial charge on any atom is 0.0809 e. The lowest BCUT2D eigenvalue weighted by Crippen LogP contribution is -1.93. The molecule has 0 aliphatic heterocycles. The van der Waals surface area contributed by atoms with Gasteiger partial charge in [-0.2, -0.15) is 0 Å². The highest BCUT2D eigenvalue weighted by Crippen LogP contribution is 2.11. The lowest BCUT2D eigenvalue weighted by Gasteiger charge is -2.03. The van der Waals surface area contributed by atoms with E-state index >= 15 is 0 Å². The fourth-order valence-electron chi connectivity index (χ4n) is 2.08. The summed E-state index contributed by atoms with van der Waals surface area (Å²) in [5.41, 5.74) is 0. The monoisotopic (exact) mass is 268 g/mol. The standard InChI is InChI=1S/C16H28OS/c1-2-3-4-5-6-7-8-9-10-13-17-15-16-12-11-14-18-16/h11-12,14H,2-10,13,15H2,1H3. The van der Waals surface area contributed by atoms with Gasteiger partial charge in [0.05, 0.1) is 6.61 Å². The lowest BCUT2D eigenvalue weighted by atomic mass is 10.1. The van der Waals surface area contributed by atoms with Gasteiger partial charge < -0.3 is 4.74 Å². The molecule has 0 spiro atoms. The third-order valence-electron chi connectivity index (χ3n) is 3.22. The van der Waals surface area contributed by atoms with Gasteiger partial charge in [0, 0.05) is 11.5 Å². The molecule has 0 amide bonds. The molecule has 0 bridgehead atoms. The summed E-state index contributed by atoms with van der Waals surface area (Å²) < 4.78 is 5.65. The summed E-state index contributed by atoms with van der Waals surface area (Å²) in [4.78, 5) is 1.34. The SMILES string of the molecule is CCCCCCCCCCCOCc1cccs1. The Morgan fingerprint density at radius 3 is 2.22 bits per heavy atom. The molecule has 0 aromatic carbocycles. The fraction of sp³-hybridized carbons (Fsp3) is 0.750. The molecule has 1 aromatic rings. The molecule has 0 radical (unpaired) electrons. The van der Waals surface area contributed by atoms with Crippen molar-refractivity contribution in [1.29, 1.82) is 0 Å². The Morgan fingerprint density at radius 1 is 0.944 bits per heavy atom. The molecule has 1 heterocycles. The number of unbranched alkanes of at least 4 members (excludes halogenated alkanes) is 8. The second-order valence-electron chi connectivity index (χ2n) is 4.96. The normalized spacial score (nSPS) is 10.9. The van der Waals surface area contributed by atoms with Gasteiger partial charge in [-0.15, -0.1) is 11.3 Å². The van der Waals surface area contributed by atoms with E-state index in [-0.39, 0.29) is 0 Å². The summed E-state index contributed by atoms with van der Waals surface area (Å²) in [6.45, 7) is 4.00. The van der Waals surface area contributed by atoms with Crippen LogP contribution in [-0.4, -0.2) is 6.61 Å². The van der Waals surface area contributed by atoms with E-state index in [0.717, 1.165) is 13.2 Å². The van der Waals surface area contributed by atoms with E-state index in [0.29, 0.717) is 0 Å². The number of thiophene rings is 1. The highest BCUT2D eigenvalue weighted by atomic mass is 32.1. The highest BCUT2D eigenvalue weighted by molar-refractivity contribution is 7.09. The number of hydrogen-bond acceptors (Lipinski definition) is 2. The molecule has 104 valence electrons. The Kier molecular flexibility index (Phi) is 10.2. The first-order valence-corrected chi connectivity index (χ1v) is 8.41. The molecule has 0 atom stereocenters. The van der Waals surface area contributed by atoms with Crippen LogP contribution < -0.4 is 0 Å². The Balaban J connectivity index is 1.73. The molecular formula is C16H28OS. The van der Waals surface area contributed by atoms with Gasteiger partial charge in [0.2, 0.25) is 0 Å². The zero-order valence-corrected chi connectivity index (χ0v) is 12.6. The Hall–Kier alpha value is -0.340. The van der Waals surface area contributed by atoms with Gasteiger partial charge in [-0.3, -0.25) is 0 Å². The van der Waals surface area contributed by atoms with Gasteiger partial charge in [-0.25, -0.2) is 0 Å². The summed E-state index contributed by atoms with van der Waals surface area (Å²) in [5.74, 6) is 0. The Labute approximate surface area is 117 Å². The zero-order chi connectivity index (χ0) is 12.9. The maximum atomic E-state index is 5.65. The highest BCUT2D eigenvalue weighted by Gasteiger charge is 1.95. The average molecular weight is 268 g/mol. The molecule has 0 saturated heterocycles. The smallest absolute Gasteiger partial charge is 0.0809 e. The average Bonchev–Trinajstić information content (AvgIpc) is 2.89. The molecule has 0 saturated carbocycles. The predicted octanol–water partition coefficient (Wildman–Crippen LogP) is 5.80. The topological polar surface area (TPSA) is 9.23 Å². The van der Waals surface area contributed by atoms with Crippen molar-refractivity contribution in [3.8, 4) is 0 Å². The maximum absolute atomic E-state index is 5.65. The molecule has 2 heteroatoms. The van der Waals surface area contributed by atoms with E-state index in [1.807, 2.05) is 0 Å². The van der Waals surface area contributed by atoms with Crippen LogP contribution in [0.3, 0.4) is 0 Å². The Bertz CT molecular complexity index is 256. The largest absolute Gasteiger partial charge is 0.376 e. The van der Waals surface area contributed by atoms with Crippen molar-refractivity contribution in [1.82, 2.24) is 0 Å². The van der Waals surface area contributed by atoms with Gasteiger partial charge in [0.15, 0.2) is 0 Å². The second kappa shape index (κ2) is 11.7. The summed E-state index contributed by atoms with van der Waals surface area (Å²) >= 11 is 1.78. The molecule has 0 unspecified atom stereocenters. The van der Waals surface area contributed by atoms with Crippen molar-refractivity contribution in [2.24, 2.45) is 0 Å². The van der Waals surface area contributed by atoms with Crippen molar-refractivity contribution in [3.63, 3.8) is 0 Å². The molecule has 1 rings (SSSR count). The van der Waals surface area contributed by atoms with Crippen LogP contribution in [0.4, 0.5) is 0 Å². The van der Waals surface area contributed by atoms with Gasteiger partial charge >= 0.3 is 0 Å². The summed E-state index contributed by atoms with van der Waals surface area (Å²) in [6, 6.07) is 4.23. The first-order chi connectivity index (χ1) is 8.93. The van der Waals surface area contributed by atoms with E-state index < -0.39 is 0 Å². The van der Waals surface area contributed by atoms with Gasteiger partial charge in [0.1, 0.15) is 0 Å². The minimum Gasteiger partial charge on any atom is -0.376 e. The van der Waals surface area contributed by atoms with Crippen LogP contribution in [-0.2, 0) is 11.3 Å². The second-order valence-corrected chi connectivity index (χ2v) is 5.99. The lowest BCUT2D eigenvalue weighted by molar-refractivity contribution is 0.118. The van der Waals surface area contributed by atoms with Crippen molar-refractivity contribution in [3.05, 3.63) is 22.4 Å². The van der Waals surface area contributed by atoms with Crippen LogP contribution in [0.25, 0.3) is 0 Å². The first-order valence-electron chi connectivity index (χ1n) is 7.53. The van der Waals surface area contributed by atoms with Gasteiger partial charge in [-0.1, -0.05) is 64.4 Å². The molecule has 0 aliphatic rings. The van der Waals surface area contributed by atoms with Crippen LogP contribution in [0.5, 0.6) is 0 Å². The van der Waals surface area contributed by atoms with Crippen molar-refractivity contribution < 1.29 is 4.74 Å². The molecule has 0 aliphatic carbocycles. The predicted molar refractivity (Wildman–Crippen MR) is 81.2 cm³/mol. The third-order valence-corrected chi connectivity index (χ3v) is 4.07.